The van der Waals surface area contributed by atoms with Crippen molar-refractivity contribution >= 4 is 17.5 Å². The number of aliphatic hydroxyl groups is 1. The van der Waals surface area contributed by atoms with Crippen LogP contribution in [0.3, 0.4) is 0 Å². The Morgan fingerprint density at radius 1 is 1.26 bits per heavy atom. The van der Waals surface area contributed by atoms with Gasteiger partial charge in [0, 0.05) is 38.7 Å². The van der Waals surface area contributed by atoms with E-state index in [2.05, 4.69) is 13.0 Å². The molecule has 39 heavy (non-hydrogen) atoms. The van der Waals surface area contributed by atoms with E-state index in [1.165, 1.54) is 0 Å². The monoisotopic (exact) mass is 547 g/mol. The molecule has 1 aliphatic heterocycles. The van der Waals surface area contributed by atoms with Gasteiger partial charge in [-0.25, -0.2) is 0 Å². The summed E-state index contributed by atoms with van der Waals surface area (Å²) in [5.41, 5.74) is -2.17. The molecule has 7 nitrogen and oxygen atoms in total. The van der Waals surface area contributed by atoms with Crippen molar-refractivity contribution in [3.63, 3.8) is 0 Å². The number of esters is 1. The van der Waals surface area contributed by atoms with Crippen LogP contribution in [0.15, 0.2) is 23.8 Å². The minimum absolute atomic E-state index is 0.0241. The Bertz CT molecular complexity index is 1340. The number of fused-ring (bicyclic) bond motifs is 7. The van der Waals surface area contributed by atoms with Crippen molar-refractivity contribution < 1.29 is 43.3 Å². The lowest BCUT2D eigenvalue weighted by atomic mass is 9.47. The zero-order valence-electron chi connectivity index (χ0n) is 29.7. The van der Waals surface area contributed by atoms with Crippen LogP contribution in [-0.4, -0.2) is 53.3 Å². The molecular weight excluding hydrogens is 496 g/mol. The lowest BCUT2D eigenvalue weighted by Crippen LogP contribution is -2.63. The van der Waals surface area contributed by atoms with Crippen LogP contribution in [-0.2, 0) is 28.6 Å². The van der Waals surface area contributed by atoms with Crippen LogP contribution >= 0.6 is 0 Å². The molecule has 5 aliphatic carbocycles. The highest BCUT2D eigenvalue weighted by atomic mass is 16.7. The number of ether oxygens (including phenoxy) is 3. The Morgan fingerprint density at radius 3 is 2.77 bits per heavy atom. The van der Waals surface area contributed by atoms with Gasteiger partial charge in [0.05, 0.1) is 18.1 Å². The fourth-order valence-electron chi connectivity index (χ4n) is 9.43. The van der Waals surface area contributed by atoms with E-state index in [1.54, 1.807) is 6.08 Å². The topological polar surface area (TPSA) is 99.1 Å². The van der Waals surface area contributed by atoms with E-state index in [9.17, 15) is 19.5 Å². The average Bonchev–Trinajstić information content (AvgIpc) is 3.48. The Morgan fingerprint density at radius 2 is 2.03 bits per heavy atom. The van der Waals surface area contributed by atoms with Gasteiger partial charge >= 0.3 is 5.97 Å². The van der Waals surface area contributed by atoms with E-state index in [1.807, 2.05) is 13.0 Å². The summed E-state index contributed by atoms with van der Waals surface area (Å²) < 4.78 is 72.5. The first-order chi connectivity index (χ1) is 21.3. The predicted octanol–water partition coefficient (Wildman–Crippen LogP) is 4.70. The maximum absolute atomic E-state index is 14.5. The highest BCUT2D eigenvalue weighted by Gasteiger charge is 2.76. The quantitative estimate of drug-likeness (QED) is 0.393. The number of hydrogen-bond acceptors (Lipinski definition) is 7. The van der Waals surface area contributed by atoms with Crippen LogP contribution in [0.4, 0.5) is 0 Å². The average molecular weight is 548 g/mol. The van der Waals surface area contributed by atoms with Gasteiger partial charge in [0.2, 0.25) is 5.78 Å². The smallest absolute Gasteiger partial charge is 0.308 e. The summed E-state index contributed by atoms with van der Waals surface area (Å²) in [6.45, 7) is -4.14. The van der Waals surface area contributed by atoms with Crippen molar-refractivity contribution in [2.45, 2.75) is 109 Å². The van der Waals surface area contributed by atoms with Crippen LogP contribution in [0.25, 0.3) is 0 Å². The fraction of sp³-hybridized carbons (Fsp3) is 0.781. The van der Waals surface area contributed by atoms with Gasteiger partial charge in [-0.3, -0.25) is 14.4 Å². The Balaban J connectivity index is 1.34. The lowest BCUT2D eigenvalue weighted by molar-refractivity contribution is -0.208. The van der Waals surface area contributed by atoms with Crippen LogP contribution in [0.2, 0.25) is 0 Å². The molecule has 1 N–H and O–H groups in total. The molecule has 0 aromatic carbocycles. The van der Waals surface area contributed by atoms with E-state index in [4.69, 9.17) is 23.8 Å². The Hall–Kier alpha value is -1.83. The molecule has 0 bridgehead atoms. The summed E-state index contributed by atoms with van der Waals surface area (Å²) >= 11 is 0. The standard InChI is InChI=1S/C32H44O7/c1-18(2)28(36)37-17-25(35)32-26(38-29(39-32)19-8-6-5-7-9-19)15-23-22-11-10-20-14-21(33)12-13-30(20,3)27(22)24(34)16-31(23,32)4/h10,12-13,18-19,22-24,26-27,29,34H,5-9,11,14-17H2,1-4H3/t22-,23-,24-,26+,27+,29+,30-,31-,32+/m0/s1/i1D3,2D3,18D. The molecule has 0 aromatic heterocycles. The Kier molecular flexibility index (Phi) is 4.97. The van der Waals surface area contributed by atoms with Crippen LogP contribution in [0.5, 0.6) is 0 Å². The number of ketones is 2. The molecular formula is C32H44O7. The van der Waals surface area contributed by atoms with Gasteiger partial charge in [-0.2, -0.15) is 0 Å². The predicted molar refractivity (Wildman–Crippen MR) is 143 cm³/mol. The SMILES string of the molecule is [2H]C([2H])([2H])C([2H])(C(=O)OCC(=O)[C@@]12O[C@H](C3CCCCC3)O[C@@H]1C[C@H]1[C@@H]3CC=C4CC(=O)C=C[C@]4(C)[C@H]3[C@@H](O)C[C@@]12C)C([2H])([2H])[2H]. The van der Waals surface area contributed by atoms with Crippen molar-refractivity contribution in [1.29, 1.82) is 0 Å². The number of carbonyl (C=O) groups excluding carboxylic acids is 3. The molecule has 1 heterocycles. The highest BCUT2D eigenvalue weighted by Crippen LogP contribution is 2.69. The zero-order valence-corrected chi connectivity index (χ0v) is 22.7. The molecule has 0 amide bonds. The first kappa shape index (κ1) is 20.1. The number of Topliss-reactive ketones (excluding diaryl/α,β-unsaturated/α-hetero) is 1. The van der Waals surface area contributed by atoms with Gasteiger partial charge in [0.1, 0.15) is 0 Å². The van der Waals surface area contributed by atoms with Crippen molar-refractivity contribution in [2.75, 3.05) is 6.61 Å². The van der Waals surface area contributed by atoms with Crippen LogP contribution < -0.4 is 0 Å². The molecule has 9 atom stereocenters. The first-order valence-electron chi connectivity index (χ1n) is 17.9. The molecule has 1 saturated heterocycles. The summed E-state index contributed by atoms with van der Waals surface area (Å²) in [5, 5.41) is 11.9. The molecule has 7 heteroatoms. The number of carbonyl (C=O) groups is 3. The highest BCUT2D eigenvalue weighted by molar-refractivity contribution is 5.94. The minimum Gasteiger partial charge on any atom is -0.457 e. The third-order valence-electron chi connectivity index (χ3n) is 11.2. The third-order valence-corrected chi connectivity index (χ3v) is 11.2. The molecule has 4 fully saturated rings. The maximum atomic E-state index is 14.5. The van der Waals surface area contributed by atoms with Gasteiger partial charge in [0.15, 0.2) is 24.3 Å². The van der Waals surface area contributed by atoms with Crippen LogP contribution in [0.1, 0.15) is 94.9 Å². The van der Waals surface area contributed by atoms with Crippen molar-refractivity contribution in [1.82, 2.24) is 0 Å². The van der Waals surface area contributed by atoms with Crippen molar-refractivity contribution in [2.24, 2.45) is 40.4 Å². The number of allylic oxidation sites excluding steroid dienone is 4. The lowest BCUT2D eigenvalue weighted by Gasteiger charge is -2.59. The number of rotatable bonds is 5. The summed E-state index contributed by atoms with van der Waals surface area (Å²) in [6.07, 6.45) is 9.63. The van der Waals surface area contributed by atoms with Crippen LogP contribution in [0, 0.1) is 40.4 Å². The molecule has 0 unspecified atom stereocenters. The second-order valence-electron chi connectivity index (χ2n) is 13.1. The second kappa shape index (κ2) is 9.63. The molecule has 6 rings (SSSR count). The molecule has 3 saturated carbocycles. The Labute approximate surface area is 241 Å². The zero-order chi connectivity index (χ0) is 33.7. The normalized spacial score (nSPS) is 48.8. The third kappa shape index (κ3) is 3.97. The van der Waals surface area contributed by atoms with Gasteiger partial charge in [-0.05, 0) is 50.0 Å². The number of aliphatic hydroxyl groups excluding tert-OH is 1. The number of hydrogen-bond donors (Lipinski definition) is 1. The molecule has 0 spiro atoms. The summed E-state index contributed by atoms with van der Waals surface area (Å²) in [4.78, 5) is 39.8. The van der Waals surface area contributed by atoms with E-state index in [0.717, 1.165) is 37.7 Å². The molecule has 0 aromatic rings. The second-order valence-corrected chi connectivity index (χ2v) is 13.1. The first-order valence-corrected chi connectivity index (χ1v) is 14.4. The van der Waals surface area contributed by atoms with Gasteiger partial charge in [-0.1, -0.05) is 64.5 Å². The molecule has 0 radical (unpaired) electrons. The van der Waals surface area contributed by atoms with Gasteiger partial charge in [-0.15, -0.1) is 0 Å². The molecule has 214 valence electrons. The van der Waals surface area contributed by atoms with E-state index >= 15 is 0 Å². The minimum atomic E-state index is -3.60. The van der Waals surface area contributed by atoms with E-state index < -0.39 is 72.9 Å². The summed E-state index contributed by atoms with van der Waals surface area (Å²) in [7, 11) is 0. The maximum Gasteiger partial charge on any atom is 0.308 e. The summed E-state index contributed by atoms with van der Waals surface area (Å²) in [5.74, 6) is -6.50. The van der Waals surface area contributed by atoms with E-state index in [-0.39, 0.29) is 35.9 Å². The summed E-state index contributed by atoms with van der Waals surface area (Å²) in [6, 6.07) is 0. The van der Waals surface area contributed by atoms with Crippen molar-refractivity contribution in [3.8, 4) is 0 Å². The van der Waals surface area contributed by atoms with Gasteiger partial charge in [0.25, 0.3) is 0 Å². The van der Waals surface area contributed by atoms with E-state index in [0.29, 0.717) is 19.3 Å². The van der Waals surface area contributed by atoms with Gasteiger partial charge < -0.3 is 19.3 Å². The molecule has 6 aliphatic rings. The van der Waals surface area contributed by atoms with Crippen molar-refractivity contribution in [3.05, 3.63) is 23.8 Å². The fourth-order valence-corrected chi connectivity index (χ4v) is 9.43. The largest absolute Gasteiger partial charge is 0.457 e.